The molecule has 0 saturated heterocycles. The molecular formula is C6H13K2O2P. The van der Waals surface area contributed by atoms with E-state index in [0.29, 0.717) is 0 Å². The van der Waals surface area contributed by atoms with E-state index in [1.165, 1.54) is 5.30 Å². The average molecular weight is 226 g/mol. The van der Waals surface area contributed by atoms with Crippen molar-refractivity contribution in [2.75, 3.05) is 0 Å². The molecule has 4 N–H and O–H groups in total. The summed E-state index contributed by atoms with van der Waals surface area (Å²) in [5.41, 5.74) is 0. The molecule has 0 aliphatic carbocycles. The van der Waals surface area contributed by atoms with Crippen LogP contribution in [0, 0.1) is 0 Å². The Morgan fingerprint density at radius 1 is 0.818 bits per heavy atom. The summed E-state index contributed by atoms with van der Waals surface area (Å²) in [4.78, 5) is 0. The molecule has 56 valence electrons. The number of rotatable bonds is 0. The van der Waals surface area contributed by atoms with Crippen LogP contribution in [0.2, 0.25) is 0 Å². The van der Waals surface area contributed by atoms with Gasteiger partial charge in [0.15, 0.2) is 0 Å². The molecule has 0 aromatic heterocycles. The molecule has 1 aromatic carbocycles. The van der Waals surface area contributed by atoms with Gasteiger partial charge in [-0.15, -0.1) is 9.24 Å². The van der Waals surface area contributed by atoms with Gasteiger partial charge in [0, 0.05) is 0 Å². The van der Waals surface area contributed by atoms with Gasteiger partial charge in [0.05, 0.1) is 0 Å². The van der Waals surface area contributed by atoms with Gasteiger partial charge in [-0.2, -0.15) is 0 Å². The van der Waals surface area contributed by atoms with Crippen molar-refractivity contribution in [1.29, 1.82) is 0 Å². The molecule has 1 unspecified atom stereocenters. The Balaban J connectivity index is -0.0000000612. The fourth-order valence-corrected chi connectivity index (χ4v) is 0.675. The first-order chi connectivity index (χ1) is 3.39. The standard InChI is InChI=1S/C6H7P.2K.2H2O.2H/c7-6-4-2-1-3-5-6;;;;;;/h1-5H,7H2;;;2*1H2;;. The zero-order valence-electron chi connectivity index (χ0n) is 4.96. The molecule has 0 aliphatic heterocycles. The van der Waals surface area contributed by atoms with E-state index in [-0.39, 0.29) is 114 Å². The van der Waals surface area contributed by atoms with E-state index in [0.717, 1.165) is 0 Å². The third-order valence-electron chi connectivity index (χ3n) is 0.800. The van der Waals surface area contributed by atoms with E-state index in [1.807, 2.05) is 30.3 Å². The predicted octanol–water partition coefficient (Wildman–Crippen LogP) is -1.76. The Morgan fingerprint density at radius 2 is 1.18 bits per heavy atom. The predicted molar refractivity (Wildman–Crippen MR) is 57.3 cm³/mol. The summed E-state index contributed by atoms with van der Waals surface area (Å²) in [6.45, 7) is 0. The first kappa shape index (κ1) is 23.6. The average Bonchev–Trinajstić information content (AvgIpc) is 1.69. The maximum atomic E-state index is 2.63. The molecule has 11 heavy (non-hydrogen) atoms. The third kappa shape index (κ3) is 12.8. The van der Waals surface area contributed by atoms with Crippen LogP contribution in [0.4, 0.5) is 0 Å². The van der Waals surface area contributed by atoms with Crippen LogP contribution < -0.4 is 5.30 Å². The van der Waals surface area contributed by atoms with E-state index >= 15 is 0 Å². The number of hydrogen-bond acceptors (Lipinski definition) is 0. The van der Waals surface area contributed by atoms with Crippen molar-refractivity contribution in [2.24, 2.45) is 0 Å². The van der Waals surface area contributed by atoms with E-state index in [9.17, 15) is 0 Å². The molecule has 0 fully saturated rings. The van der Waals surface area contributed by atoms with Gasteiger partial charge in [-0.3, -0.25) is 0 Å². The van der Waals surface area contributed by atoms with Gasteiger partial charge in [0.25, 0.3) is 0 Å². The summed E-state index contributed by atoms with van der Waals surface area (Å²) in [7, 11) is 2.63. The molecular weight excluding hydrogens is 213 g/mol. The molecule has 1 rings (SSSR count). The van der Waals surface area contributed by atoms with Crippen molar-refractivity contribution in [3.8, 4) is 0 Å². The van der Waals surface area contributed by atoms with Gasteiger partial charge < -0.3 is 11.0 Å². The molecule has 0 radical (unpaired) electrons. The van der Waals surface area contributed by atoms with Crippen molar-refractivity contribution in [1.82, 2.24) is 0 Å². The van der Waals surface area contributed by atoms with Gasteiger partial charge in [0.1, 0.15) is 0 Å². The summed E-state index contributed by atoms with van der Waals surface area (Å²) in [5.74, 6) is 0. The van der Waals surface area contributed by atoms with E-state index in [4.69, 9.17) is 0 Å². The summed E-state index contributed by atoms with van der Waals surface area (Å²) in [6, 6.07) is 10.1. The molecule has 0 aliphatic rings. The Bertz CT molecular complexity index is 149. The second-order valence-electron chi connectivity index (χ2n) is 1.41. The number of hydrogen-bond donors (Lipinski definition) is 0. The van der Waals surface area contributed by atoms with Gasteiger partial charge in [-0.25, -0.2) is 0 Å². The quantitative estimate of drug-likeness (QED) is 0.372. The molecule has 0 heterocycles. The fourth-order valence-electron chi connectivity index (χ4n) is 0.453. The van der Waals surface area contributed by atoms with Crippen molar-refractivity contribution >= 4 is 117 Å². The van der Waals surface area contributed by atoms with Crippen LogP contribution in [0.25, 0.3) is 0 Å². The monoisotopic (exact) mass is 226 g/mol. The van der Waals surface area contributed by atoms with Crippen LogP contribution in [-0.2, 0) is 0 Å². The van der Waals surface area contributed by atoms with Gasteiger partial charge in [-0.05, 0) is 5.30 Å². The van der Waals surface area contributed by atoms with Crippen LogP contribution in [0.3, 0.4) is 0 Å². The van der Waals surface area contributed by atoms with Crippen molar-refractivity contribution in [2.45, 2.75) is 0 Å². The van der Waals surface area contributed by atoms with E-state index in [2.05, 4.69) is 9.24 Å². The van der Waals surface area contributed by atoms with Crippen molar-refractivity contribution in [3.63, 3.8) is 0 Å². The van der Waals surface area contributed by atoms with Crippen LogP contribution in [-0.4, -0.2) is 114 Å². The van der Waals surface area contributed by atoms with Gasteiger partial charge in [-0.1, -0.05) is 30.3 Å². The van der Waals surface area contributed by atoms with Crippen LogP contribution >= 0.6 is 9.24 Å². The minimum absolute atomic E-state index is 0. The molecule has 2 nitrogen and oxygen atoms in total. The van der Waals surface area contributed by atoms with Crippen molar-refractivity contribution < 1.29 is 11.0 Å². The molecule has 5 heteroatoms. The summed E-state index contributed by atoms with van der Waals surface area (Å²) in [5, 5.41) is 1.24. The molecule has 1 atom stereocenters. The third-order valence-corrected chi connectivity index (χ3v) is 1.18. The molecule has 0 spiro atoms. The summed E-state index contributed by atoms with van der Waals surface area (Å²) >= 11 is 0. The molecule has 0 amide bonds. The topological polar surface area (TPSA) is 63.0 Å². The van der Waals surface area contributed by atoms with Gasteiger partial charge >= 0.3 is 103 Å². The Kier molecular flexibility index (Phi) is 32.8. The van der Waals surface area contributed by atoms with E-state index in [1.54, 1.807) is 0 Å². The van der Waals surface area contributed by atoms with Crippen LogP contribution in [0.5, 0.6) is 0 Å². The Morgan fingerprint density at radius 3 is 1.36 bits per heavy atom. The number of benzene rings is 1. The summed E-state index contributed by atoms with van der Waals surface area (Å²) < 4.78 is 0. The van der Waals surface area contributed by atoms with E-state index < -0.39 is 0 Å². The Labute approximate surface area is 155 Å². The second kappa shape index (κ2) is 15.3. The second-order valence-corrected chi connectivity index (χ2v) is 2.08. The molecule has 1 aromatic rings. The molecule has 0 saturated carbocycles. The first-order valence-corrected chi connectivity index (χ1v) is 2.78. The Hall–Kier alpha value is 2.84. The zero-order valence-corrected chi connectivity index (χ0v) is 6.12. The minimum atomic E-state index is 0. The maximum absolute atomic E-state index is 2.63. The van der Waals surface area contributed by atoms with Crippen LogP contribution in [0.15, 0.2) is 30.3 Å². The zero-order chi connectivity index (χ0) is 5.11. The van der Waals surface area contributed by atoms with Gasteiger partial charge in [0.2, 0.25) is 0 Å². The fraction of sp³-hybridized carbons (Fsp3) is 0. The summed E-state index contributed by atoms with van der Waals surface area (Å²) in [6.07, 6.45) is 0. The molecule has 0 bridgehead atoms. The normalized spacial score (nSPS) is 5.55. The SMILES string of the molecule is O.O.Pc1ccccc1.[KH].[KH]. The first-order valence-electron chi connectivity index (χ1n) is 2.20. The van der Waals surface area contributed by atoms with Crippen molar-refractivity contribution in [3.05, 3.63) is 30.3 Å². The van der Waals surface area contributed by atoms with Crippen LogP contribution in [0.1, 0.15) is 0 Å².